The number of hydrogen-bond acceptors (Lipinski definition) is 7. The Labute approximate surface area is 232 Å². The number of halogens is 2. The maximum absolute atomic E-state index is 13.7. The van der Waals surface area contributed by atoms with E-state index < -0.39 is 22.0 Å². The van der Waals surface area contributed by atoms with Gasteiger partial charge in [-0.1, -0.05) is 41.4 Å². The molecule has 2 aliphatic rings. The van der Waals surface area contributed by atoms with Crippen LogP contribution < -0.4 is 10.1 Å². The predicted molar refractivity (Wildman–Crippen MR) is 146 cm³/mol. The van der Waals surface area contributed by atoms with Crippen LogP contribution in [0.4, 0.5) is 0 Å². The number of sulfonamides is 1. The minimum atomic E-state index is -4.11. The minimum Gasteiger partial charge on any atom is -0.487 e. The molecule has 11 heteroatoms. The Morgan fingerprint density at radius 2 is 1.89 bits per heavy atom. The second kappa shape index (κ2) is 11.4. The SMILES string of the molecule is Cc1ccc2cccc(OCc3c(Cl)ccc(S(=O)(=O)N4CCC[C@H]4C(=O)OC4CCNCC4)c3Cl)c2n1. The average Bonchev–Trinajstić information content (AvgIpc) is 3.40. The average molecular weight is 579 g/mol. The highest BCUT2D eigenvalue weighted by molar-refractivity contribution is 7.89. The summed E-state index contributed by atoms with van der Waals surface area (Å²) in [5.41, 5.74) is 1.87. The Kier molecular flexibility index (Phi) is 8.11. The molecule has 5 rings (SSSR count). The highest BCUT2D eigenvalue weighted by atomic mass is 35.5. The molecular formula is C27H29Cl2N3O5S. The molecule has 1 N–H and O–H groups in total. The Morgan fingerprint density at radius 1 is 1.11 bits per heavy atom. The molecule has 2 aromatic carbocycles. The molecule has 0 bridgehead atoms. The number of esters is 1. The second-order valence-electron chi connectivity index (χ2n) is 9.57. The first-order valence-electron chi connectivity index (χ1n) is 12.6. The number of carbonyl (C=O) groups excluding carboxylic acids is 1. The van der Waals surface area contributed by atoms with Crippen molar-refractivity contribution in [1.82, 2.24) is 14.6 Å². The first kappa shape index (κ1) is 27.1. The maximum atomic E-state index is 13.7. The first-order valence-corrected chi connectivity index (χ1v) is 14.8. The van der Waals surface area contributed by atoms with Crippen LogP contribution in [-0.4, -0.2) is 55.5 Å². The van der Waals surface area contributed by atoms with Gasteiger partial charge >= 0.3 is 5.97 Å². The molecule has 0 aliphatic carbocycles. The van der Waals surface area contributed by atoms with E-state index in [-0.39, 0.29) is 34.2 Å². The molecular weight excluding hydrogens is 549 g/mol. The van der Waals surface area contributed by atoms with E-state index in [4.69, 9.17) is 32.7 Å². The molecule has 2 saturated heterocycles. The van der Waals surface area contributed by atoms with Crippen LogP contribution >= 0.6 is 23.2 Å². The van der Waals surface area contributed by atoms with Gasteiger partial charge in [-0.15, -0.1) is 0 Å². The van der Waals surface area contributed by atoms with Crippen LogP contribution in [0.25, 0.3) is 10.9 Å². The zero-order valence-electron chi connectivity index (χ0n) is 21.0. The molecule has 8 nitrogen and oxygen atoms in total. The van der Waals surface area contributed by atoms with Crippen molar-refractivity contribution in [2.75, 3.05) is 19.6 Å². The van der Waals surface area contributed by atoms with E-state index in [0.717, 1.165) is 24.2 Å². The molecule has 3 heterocycles. The number of aryl methyl sites for hydroxylation is 1. The van der Waals surface area contributed by atoms with Crippen molar-refractivity contribution >= 4 is 50.1 Å². The molecule has 202 valence electrons. The van der Waals surface area contributed by atoms with Crippen molar-refractivity contribution in [2.45, 2.75) is 56.3 Å². The maximum Gasteiger partial charge on any atom is 0.324 e. The van der Waals surface area contributed by atoms with Gasteiger partial charge in [-0.05, 0) is 70.0 Å². The molecule has 0 spiro atoms. The highest BCUT2D eigenvalue weighted by Gasteiger charge is 2.42. The van der Waals surface area contributed by atoms with Crippen molar-refractivity contribution < 1.29 is 22.7 Å². The summed E-state index contributed by atoms with van der Waals surface area (Å²) in [7, 11) is -4.11. The Balaban J connectivity index is 1.39. The number of nitrogens with zero attached hydrogens (tertiary/aromatic N) is 2. The number of para-hydroxylation sites is 1. The number of rotatable bonds is 7. The van der Waals surface area contributed by atoms with Gasteiger partial charge in [-0.2, -0.15) is 4.31 Å². The largest absolute Gasteiger partial charge is 0.487 e. The van der Waals surface area contributed by atoms with Crippen LogP contribution in [0.3, 0.4) is 0 Å². The van der Waals surface area contributed by atoms with Gasteiger partial charge in [0.25, 0.3) is 0 Å². The van der Waals surface area contributed by atoms with Gasteiger partial charge in [-0.25, -0.2) is 13.4 Å². The number of nitrogens with one attached hydrogen (secondary N) is 1. The van der Waals surface area contributed by atoms with Gasteiger partial charge in [0.1, 0.15) is 34.9 Å². The lowest BCUT2D eigenvalue weighted by molar-refractivity contribution is -0.154. The fourth-order valence-electron chi connectivity index (χ4n) is 4.94. The van der Waals surface area contributed by atoms with Crippen molar-refractivity contribution in [1.29, 1.82) is 0 Å². The van der Waals surface area contributed by atoms with Crippen LogP contribution in [0.15, 0.2) is 47.4 Å². The van der Waals surface area contributed by atoms with Crippen LogP contribution in [-0.2, 0) is 26.2 Å². The van der Waals surface area contributed by atoms with Crippen molar-refractivity contribution in [3.63, 3.8) is 0 Å². The molecule has 0 radical (unpaired) electrons. The fourth-order valence-corrected chi connectivity index (χ4v) is 7.45. The van der Waals surface area contributed by atoms with E-state index >= 15 is 0 Å². The highest BCUT2D eigenvalue weighted by Crippen LogP contribution is 2.36. The van der Waals surface area contributed by atoms with Crippen LogP contribution in [0.2, 0.25) is 10.0 Å². The number of aromatic nitrogens is 1. The molecule has 0 unspecified atom stereocenters. The van der Waals surface area contributed by atoms with Gasteiger partial charge in [0.15, 0.2) is 0 Å². The number of hydrogen-bond donors (Lipinski definition) is 1. The zero-order valence-corrected chi connectivity index (χ0v) is 23.3. The Hall–Kier alpha value is -2.43. The van der Waals surface area contributed by atoms with Gasteiger partial charge in [0.2, 0.25) is 10.0 Å². The number of ether oxygens (including phenoxy) is 2. The molecule has 1 aromatic heterocycles. The number of piperidine rings is 1. The minimum absolute atomic E-state index is 0.0285. The van der Waals surface area contributed by atoms with E-state index in [1.54, 1.807) is 6.07 Å². The molecule has 3 aromatic rings. The van der Waals surface area contributed by atoms with Gasteiger partial charge in [0.05, 0.1) is 5.02 Å². The third-order valence-electron chi connectivity index (χ3n) is 6.98. The molecule has 38 heavy (non-hydrogen) atoms. The Morgan fingerprint density at radius 3 is 2.68 bits per heavy atom. The quantitative estimate of drug-likeness (QED) is 0.400. The van der Waals surface area contributed by atoms with Crippen molar-refractivity contribution in [3.8, 4) is 5.75 Å². The number of benzene rings is 2. The zero-order chi connectivity index (χ0) is 26.9. The third-order valence-corrected chi connectivity index (χ3v) is 9.82. The van der Waals surface area contributed by atoms with E-state index in [1.807, 2.05) is 31.2 Å². The predicted octanol–water partition coefficient (Wildman–Crippen LogP) is 4.88. The fraction of sp³-hybridized carbons (Fsp3) is 0.407. The van der Waals surface area contributed by atoms with Crippen LogP contribution in [0.1, 0.15) is 36.9 Å². The van der Waals surface area contributed by atoms with Gasteiger partial charge in [0, 0.05) is 28.2 Å². The molecule has 2 fully saturated rings. The van der Waals surface area contributed by atoms with E-state index in [1.165, 1.54) is 16.4 Å². The smallest absolute Gasteiger partial charge is 0.324 e. The number of fused-ring (bicyclic) bond motifs is 1. The summed E-state index contributed by atoms with van der Waals surface area (Å²) in [6, 6.07) is 11.4. The van der Waals surface area contributed by atoms with Crippen LogP contribution in [0.5, 0.6) is 5.75 Å². The summed E-state index contributed by atoms with van der Waals surface area (Å²) in [4.78, 5) is 17.4. The number of pyridine rings is 1. The third kappa shape index (κ3) is 5.49. The Bertz CT molecular complexity index is 1460. The standard InChI is InChI=1S/C27H29Cl2N3O5S/c1-17-7-8-18-4-2-6-23(26(18)31-17)36-16-20-21(28)9-10-24(25(20)29)38(34,35)32-15-3-5-22(32)27(33)37-19-11-13-30-14-12-19/h2,4,6-10,19,22,30H,3,5,11-16H2,1H3/t22-/m0/s1. The summed E-state index contributed by atoms with van der Waals surface area (Å²) in [6.45, 7) is 3.58. The topological polar surface area (TPSA) is 97.8 Å². The van der Waals surface area contributed by atoms with E-state index in [9.17, 15) is 13.2 Å². The second-order valence-corrected chi connectivity index (χ2v) is 12.2. The monoisotopic (exact) mass is 577 g/mol. The summed E-state index contributed by atoms with van der Waals surface area (Å²) in [6.07, 6.45) is 2.17. The van der Waals surface area contributed by atoms with Crippen molar-refractivity contribution in [2.24, 2.45) is 0 Å². The van der Waals surface area contributed by atoms with Crippen LogP contribution in [0, 0.1) is 6.92 Å². The van der Waals surface area contributed by atoms with E-state index in [0.29, 0.717) is 42.5 Å². The number of carbonyl (C=O) groups is 1. The normalized spacial score (nSPS) is 19.1. The lowest BCUT2D eigenvalue weighted by Crippen LogP contribution is -2.43. The molecule has 1 atom stereocenters. The summed E-state index contributed by atoms with van der Waals surface area (Å²) in [5.74, 6) is 0.0252. The van der Waals surface area contributed by atoms with Crippen molar-refractivity contribution in [3.05, 3.63) is 63.8 Å². The molecule has 0 amide bonds. The summed E-state index contributed by atoms with van der Waals surface area (Å²) in [5, 5.41) is 4.39. The lowest BCUT2D eigenvalue weighted by Gasteiger charge is -2.27. The first-order chi connectivity index (χ1) is 18.3. The molecule has 0 saturated carbocycles. The van der Waals surface area contributed by atoms with Gasteiger partial charge in [-0.3, -0.25) is 4.79 Å². The summed E-state index contributed by atoms with van der Waals surface area (Å²) >= 11 is 13.1. The summed E-state index contributed by atoms with van der Waals surface area (Å²) < 4.78 is 40.4. The van der Waals surface area contributed by atoms with Gasteiger partial charge < -0.3 is 14.8 Å². The van der Waals surface area contributed by atoms with E-state index in [2.05, 4.69) is 10.3 Å². The lowest BCUT2D eigenvalue weighted by atomic mass is 10.1. The molecule has 2 aliphatic heterocycles.